The lowest BCUT2D eigenvalue weighted by Gasteiger charge is -2.20. The molecule has 0 aliphatic carbocycles. The summed E-state index contributed by atoms with van der Waals surface area (Å²) in [7, 11) is 0. The summed E-state index contributed by atoms with van der Waals surface area (Å²) in [6.45, 7) is 11.7. The molecule has 0 rings (SSSR count). The first kappa shape index (κ1) is 14.3. The van der Waals surface area contributed by atoms with E-state index in [4.69, 9.17) is 0 Å². The van der Waals surface area contributed by atoms with Crippen LogP contribution in [0, 0.1) is 11.8 Å². The van der Waals surface area contributed by atoms with E-state index in [1.807, 2.05) is 0 Å². The topological polar surface area (TPSA) is 0 Å². The van der Waals surface area contributed by atoms with E-state index in [2.05, 4.69) is 46.4 Å². The van der Waals surface area contributed by atoms with E-state index in [1.165, 1.54) is 31.4 Å². The number of rotatable bonds is 8. The van der Waals surface area contributed by atoms with Gasteiger partial charge in [-0.15, -0.1) is 0 Å². The lowest BCUT2D eigenvalue weighted by Crippen LogP contribution is -2.12. The predicted molar refractivity (Wildman–Crippen MR) is 70.1 cm³/mol. The second kappa shape index (κ2) is 8.64. The van der Waals surface area contributed by atoms with Gasteiger partial charge in [0.05, 0.1) is 0 Å². The Morgan fingerprint density at radius 2 is 1.50 bits per heavy atom. The van der Waals surface area contributed by atoms with Crippen LogP contribution in [0.2, 0.25) is 0 Å². The third-order valence-electron chi connectivity index (χ3n) is 2.97. The van der Waals surface area contributed by atoms with Gasteiger partial charge in [0.1, 0.15) is 0 Å². The van der Waals surface area contributed by atoms with Crippen molar-refractivity contribution < 1.29 is 0 Å². The van der Waals surface area contributed by atoms with Gasteiger partial charge in [0.2, 0.25) is 0 Å². The van der Waals surface area contributed by atoms with Gasteiger partial charge in [-0.05, 0) is 24.0 Å². The molecule has 86 valence electrons. The Labute approximate surface area is 95.2 Å². The van der Waals surface area contributed by atoms with Gasteiger partial charge in [0.15, 0.2) is 0 Å². The van der Waals surface area contributed by atoms with E-state index in [0.29, 0.717) is 0 Å². The van der Waals surface area contributed by atoms with Crippen molar-refractivity contribution in [2.24, 2.45) is 11.8 Å². The minimum Gasteiger partial charge on any atom is -0.158 e. The highest BCUT2D eigenvalue weighted by Gasteiger charge is 2.12. The van der Waals surface area contributed by atoms with Crippen LogP contribution in [0.3, 0.4) is 0 Å². The summed E-state index contributed by atoms with van der Waals surface area (Å²) in [5.41, 5.74) is 0. The van der Waals surface area contributed by atoms with Crippen molar-refractivity contribution in [1.29, 1.82) is 0 Å². The molecule has 0 radical (unpaired) electrons. The van der Waals surface area contributed by atoms with E-state index in [1.54, 1.807) is 0 Å². The molecule has 0 heterocycles. The van der Waals surface area contributed by atoms with Crippen LogP contribution in [-0.2, 0) is 0 Å². The molecule has 0 aliphatic heterocycles. The minimum atomic E-state index is 0.842. The van der Waals surface area contributed by atoms with Gasteiger partial charge in [0.25, 0.3) is 0 Å². The average molecular weight is 216 g/mol. The van der Waals surface area contributed by atoms with Crippen LogP contribution >= 0.6 is 11.8 Å². The van der Waals surface area contributed by atoms with Crippen molar-refractivity contribution in [2.75, 3.05) is 5.75 Å². The molecule has 2 unspecified atom stereocenters. The zero-order valence-electron chi connectivity index (χ0n) is 10.7. The maximum absolute atomic E-state index is 2.39. The fourth-order valence-electron chi connectivity index (χ4n) is 1.75. The first-order valence-corrected chi connectivity index (χ1v) is 7.28. The summed E-state index contributed by atoms with van der Waals surface area (Å²) in [5.74, 6) is 3.14. The van der Waals surface area contributed by atoms with Crippen LogP contribution in [0.25, 0.3) is 0 Å². The van der Waals surface area contributed by atoms with Crippen LogP contribution in [0.15, 0.2) is 0 Å². The molecule has 0 bridgehead atoms. The van der Waals surface area contributed by atoms with E-state index in [0.717, 1.165) is 17.1 Å². The molecule has 0 aromatic heterocycles. The molecule has 0 aromatic carbocycles. The van der Waals surface area contributed by atoms with Gasteiger partial charge >= 0.3 is 0 Å². The third kappa shape index (κ3) is 6.75. The van der Waals surface area contributed by atoms with E-state index < -0.39 is 0 Å². The molecular weight excluding hydrogens is 188 g/mol. The maximum atomic E-state index is 2.39. The Balaban J connectivity index is 3.56. The van der Waals surface area contributed by atoms with Crippen molar-refractivity contribution in [3.8, 4) is 0 Å². The molecule has 0 aromatic rings. The minimum absolute atomic E-state index is 0.842. The highest BCUT2D eigenvalue weighted by Crippen LogP contribution is 2.25. The molecule has 0 fully saturated rings. The predicted octanol–water partition coefficient (Wildman–Crippen LogP) is 4.98. The second-order valence-corrected chi connectivity index (χ2v) is 6.11. The molecule has 0 aliphatic rings. The smallest absolute Gasteiger partial charge is 0.00444 e. The lowest BCUT2D eigenvalue weighted by molar-refractivity contribution is 0.517. The quantitative estimate of drug-likeness (QED) is 0.551. The second-order valence-electron chi connectivity index (χ2n) is 4.70. The molecule has 0 amide bonds. The van der Waals surface area contributed by atoms with Crippen molar-refractivity contribution in [3.05, 3.63) is 0 Å². The standard InChI is InChI=1S/C13H28S/c1-6-8-11(3)10-14-13(5)12(4)9-7-2/h11-13H,6-10H2,1-5H3/t11?,12?,13-/m0/s1. The van der Waals surface area contributed by atoms with Crippen molar-refractivity contribution in [2.45, 2.75) is 65.6 Å². The zero-order chi connectivity index (χ0) is 11.0. The molecule has 14 heavy (non-hydrogen) atoms. The molecule has 3 atom stereocenters. The van der Waals surface area contributed by atoms with Crippen LogP contribution in [0.5, 0.6) is 0 Å². The van der Waals surface area contributed by atoms with Crippen LogP contribution in [0.4, 0.5) is 0 Å². The van der Waals surface area contributed by atoms with Gasteiger partial charge in [-0.25, -0.2) is 0 Å². The van der Waals surface area contributed by atoms with Gasteiger partial charge in [-0.2, -0.15) is 11.8 Å². The normalized spacial score (nSPS) is 17.8. The fraction of sp³-hybridized carbons (Fsp3) is 1.00. The van der Waals surface area contributed by atoms with Crippen molar-refractivity contribution in [3.63, 3.8) is 0 Å². The molecule has 1 heteroatoms. The number of hydrogen-bond donors (Lipinski definition) is 0. The SMILES string of the molecule is CCCC(C)CS[C@@H](C)C(C)CCC. The largest absolute Gasteiger partial charge is 0.158 e. The van der Waals surface area contributed by atoms with E-state index >= 15 is 0 Å². The first-order valence-electron chi connectivity index (χ1n) is 6.23. The van der Waals surface area contributed by atoms with Gasteiger partial charge in [-0.3, -0.25) is 0 Å². The summed E-state index contributed by atoms with van der Waals surface area (Å²) in [6.07, 6.45) is 5.44. The molecule has 0 spiro atoms. The molecule has 0 N–H and O–H groups in total. The van der Waals surface area contributed by atoms with Crippen molar-refractivity contribution >= 4 is 11.8 Å². The summed E-state index contributed by atoms with van der Waals surface area (Å²) >= 11 is 2.17. The van der Waals surface area contributed by atoms with Crippen LogP contribution in [-0.4, -0.2) is 11.0 Å². The highest BCUT2D eigenvalue weighted by atomic mass is 32.2. The maximum Gasteiger partial charge on any atom is 0.00444 e. The summed E-state index contributed by atoms with van der Waals surface area (Å²) in [5, 5.41) is 0.842. The summed E-state index contributed by atoms with van der Waals surface area (Å²) in [6, 6.07) is 0. The van der Waals surface area contributed by atoms with Crippen LogP contribution in [0.1, 0.15) is 60.3 Å². The fourth-order valence-corrected chi connectivity index (χ4v) is 3.01. The monoisotopic (exact) mass is 216 g/mol. The van der Waals surface area contributed by atoms with E-state index in [-0.39, 0.29) is 0 Å². The highest BCUT2D eigenvalue weighted by molar-refractivity contribution is 7.99. The zero-order valence-corrected chi connectivity index (χ0v) is 11.5. The average Bonchev–Trinajstić information content (AvgIpc) is 2.15. The van der Waals surface area contributed by atoms with E-state index in [9.17, 15) is 0 Å². The van der Waals surface area contributed by atoms with Gasteiger partial charge in [0, 0.05) is 5.25 Å². The Bertz CT molecular complexity index is 122. The molecule has 0 saturated carbocycles. The molecule has 0 nitrogen and oxygen atoms in total. The molecule has 0 saturated heterocycles. The summed E-state index contributed by atoms with van der Waals surface area (Å²) in [4.78, 5) is 0. The lowest BCUT2D eigenvalue weighted by atomic mass is 10.0. The Kier molecular flexibility index (Phi) is 8.86. The molecular formula is C13H28S. The van der Waals surface area contributed by atoms with Gasteiger partial charge < -0.3 is 0 Å². The summed E-state index contributed by atoms with van der Waals surface area (Å²) < 4.78 is 0. The Morgan fingerprint density at radius 3 is 2.00 bits per heavy atom. The van der Waals surface area contributed by atoms with Crippen LogP contribution < -0.4 is 0 Å². The Morgan fingerprint density at radius 1 is 0.929 bits per heavy atom. The van der Waals surface area contributed by atoms with Crippen molar-refractivity contribution in [1.82, 2.24) is 0 Å². The number of thioether (sulfide) groups is 1. The number of hydrogen-bond acceptors (Lipinski definition) is 1. The third-order valence-corrected chi connectivity index (χ3v) is 4.72. The first-order chi connectivity index (χ1) is 6.61. The Hall–Kier alpha value is 0.350. The van der Waals surface area contributed by atoms with Gasteiger partial charge in [-0.1, -0.05) is 53.9 Å².